The van der Waals surface area contributed by atoms with E-state index in [0.717, 1.165) is 18.8 Å². The van der Waals surface area contributed by atoms with Gasteiger partial charge in [-0.1, -0.05) is 90.9 Å². The Morgan fingerprint density at radius 2 is 1.23 bits per heavy atom. The summed E-state index contributed by atoms with van der Waals surface area (Å²) in [7, 11) is 0. The molecule has 0 aromatic heterocycles. The Bertz CT molecular complexity index is 253. The van der Waals surface area contributed by atoms with Crippen molar-refractivity contribution in [2.75, 3.05) is 0 Å². The average Bonchev–Trinajstić information content (AvgIpc) is 2.47. The number of carbonyl (C=O) groups is 1. The van der Waals surface area contributed by atoms with Crippen LogP contribution in [0.3, 0.4) is 0 Å². The fraction of sp³-hybridized carbons (Fsp3) is 0.947. The van der Waals surface area contributed by atoms with Gasteiger partial charge in [-0.3, -0.25) is 4.79 Å². The zero-order chi connectivity index (χ0) is 16.6. The lowest BCUT2D eigenvalue weighted by atomic mass is 9.99. The van der Waals surface area contributed by atoms with Gasteiger partial charge in [-0.2, -0.15) is 0 Å². The van der Waals surface area contributed by atoms with Crippen molar-refractivity contribution in [2.45, 2.75) is 110 Å². The van der Waals surface area contributed by atoms with Crippen molar-refractivity contribution in [3.63, 3.8) is 0 Å². The molecule has 2 unspecified atom stereocenters. The second-order valence-corrected chi connectivity index (χ2v) is 6.88. The monoisotopic (exact) mass is 314 g/mol. The third-order valence-corrected chi connectivity index (χ3v) is 4.59. The summed E-state index contributed by atoms with van der Waals surface area (Å²) < 4.78 is 0. The molecule has 3 heteroatoms. The summed E-state index contributed by atoms with van der Waals surface area (Å²) in [4.78, 5) is 10.4. The molecule has 0 aliphatic heterocycles. The van der Waals surface area contributed by atoms with Gasteiger partial charge < -0.3 is 10.2 Å². The van der Waals surface area contributed by atoms with E-state index < -0.39 is 12.1 Å². The highest BCUT2D eigenvalue weighted by Crippen LogP contribution is 2.15. The summed E-state index contributed by atoms with van der Waals surface area (Å²) in [5.41, 5.74) is 0. The molecule has 2 N–H and O–H groups in total. The Balaban J connectivity index is 3.13. The number of aliphatic hydroxyl groups excluding tert-OH is 1. The largest absolute Gasteiger partial charge is 0.481 e. The maximum Gasteiger partial charge on any atom is 0.305 e. The smallest absolute Gasteiger partial charge is 0.305 e. The summed E-state index contributed by atoms with van der Waals surface area (Å²) >= 11 is 0. The van der Waals surface area contributed by atoms with Crippen molar-refractivity contribution in [3.8, 4) is 0 Å². The second kappa shape index (κ2) is 15.3. The van der Waals surface area contributed by atoms with Gasteiger partial charge in [0.15, 0.2) is 0 Å². The molecule has 0 rings (SSSR count). The molecular weight excluding hydrogens is 276 g/mol. The van der Waals surface area contributed by atoms with E-state index in [1.54, 1.807) is 0 Å². The predicted octanol–water partition coefficient (Wildman–Crippen LogP) is 5.55. The van der Waals surface area contributed by atoms with Crippen LogP contribution in [0, 0.1) is 5.92 Å². The maximum absolute atomic E-state index is 10.4. The number of aliphatic carboxylic acids is 1. The Morgan fingerprint density at radius 3 is 1.64 bits per heavy atom. The molecule has 0 saturated heterocycles. The summed E-state index contributed by atoms with van der Waals surface area (Å²) in [6.07, 6.45) is 15.3. The van der Waals surface area contributed by atoms with Gasteiger partial charge in [0.25, 0.3) is 0 Å². The van der Waals surface area contributed by atoms with Gasteiger partial charge in [0, 0.05) is 0 Å². The lowest BCUT2D eigenvalue weighted by Crippen LogP contribution is -2.12. The first kappa shape index (κ1) is 21.4. The summed E-state index contributed by atoms with van der Waals surface area (Å²) in [5.74, 6) is -0.00864. The van der Waals surface area contributed by atoms with E-state index >= 15 is 0 Å². The van der Waals surface area contributed by atoms with Gasteiger partial charge in [-0.15, -0.1) is 0 Å². The second-order valence-electron chi connectivity index (χ2n) is 6.88. The lowest BCUT2D eigenvalue weighted by molar-refractivity contribution is -0.139. The molecule has 0 amide bonds. The highest BCUT2D eigenvalue weighted by molar-refractivity contribution is 5.67. The van der Waals surface area contributed by atoms with Crippen LogP contribution in [0.25, 0.3) is 0 Å². The number of rotatable bonds is 16. The van der Waals surface area contributed by atoms with Crippen LogP contribution >= 0.6 is 0 Å². The molecule has 22 heavy (non-hydrogen) atoms. The van der Waals surface area contributed by atoms with Crippen molar-refractivity contribution in [1.29, 1.82) is 0 Å². The van der Waals surface area contributed by atoms with Crippen LogP contribution in [0.1, 0.15) is 104 Å². The van der Waals surface area contributed by atoms with Crippen molar-refractivity contribution in [3.05, 3.63) is 0 Å². The van der Waals surface area contributed by atoms with Gasteiger partial charge in [-0.25, -0.2) is 0 Å². The van der Waals surface area contributed by atoms with Crippen LogP contribution in [-0.4, -0.2) is 22.3 Å². The van der Waals surface area contributed by atoms with Crippen LogP contribution in [0.15, 0.2) is 0 Å². The lowest BCUT2D eigenvalue weighted by Gasteiger charge is -2.08. The summed E-state index contributed by atoms with van der Waals surface area (Å²) in [6.45, 7) is 4.62. The SMILES string of the molecule is CCC(C)CCCCCCCCCCCCC(O)CC(=O)O. The van der Waals surface area contributed by atoms with Crippen LogP contribution in [0.5, 0.6) is 0 Å². The Kier molecular flexibility index (Phi) is 14.9. The molecule has 0 bridgehead atoms. The molecule has 0 heterocycles. The van der Waals surface area contributed by atoms with E-state index in [1.165, 1.54) is 64.2 Å². The number of aliphatic hydroxyl groups is 1. The zero-order valence-electron chi connectivity index (χ0n) is 14.9. The fourth-order valence-electron chi connectivity index (χ4n) is 2.79. The molecule has 2 atom stereocenters. The predicted molar refractivity (Wildman–Crippen MR) is 93.1 cm³/mol. The summed E-state index contributed by atoms with van der Waals surface area (Å²) in [6, 6.07) is 0. The molecule has 0 fully saturated rings. The minimum Gasteiger partial charge on any atom is -0.481 e. The quantitative estimate of drug-likeness (QED) is 0.367. The average molecular weight is 315 g/mol. The molecule has 0 saturated carbocycles. The zero-order valence-corrected chi connectivity index (χ0v) is 14.9. The van der Waals surface area contributed by atoms with E-state index in [0.29, 0.717) is 6.42 Å². The van der Waals surface area contributed by atoms with Crippen LogP contribution in [-0.2, 0) is 4.79 Å². The molecule has 0 radical (unpaired) electrons. The van der Waals surface area contributed by atoms with Gasteiger partial charge >= 0.3 is 5.97 Å². The molecular formula is C19H38O3. The first-order valence-corrected chi connectivity index (χ1v) is 9.46. The van der Waals surface area contributed by atoms with Crippen molar-refractivity contribution >= 4 is 5.97 Å². The first-order chi connectivity index (χ1) is 10.6. The number of hydrogen-bond donors (Lipinski definition) is 2. The fourth-order valence-corrected chi connectivity index (χ4v) is 2.79. The Hall–Kier alpha value is -0.570. The standard InChI is InChI=1S/C19H38O3/c1-3-17(2)14-12-10-8-6-4-5-7-9-11-13-15-18(20)16-19(21)22/h17-18,20H,3-16H2,1-2H3,(H,21,22). The van der Waals surface area contributed by atoms with Gasteiger partial charge in [0.05, 0.1) is 12.5 Å². The van der Waals surface area contributed by atoms with E-state index in [1.807, 2.05) is 0 Å². The third-order valence-electron chi connectivity index (χ3n) is 4.59. The van der Waals surface area contributed by atoms with Gasteiger partial charge in [0.2, 0.25) is 0 Å². The number of hydrogen-bond acceptors (Lipinski definition) is 2. The third kappa shape index (κ3) is 15.8. The first-order valence-electron chi connectivity index (χ1n) is 9.46. The topological polar surface area (TPSA) is 57.5 Å². The van der Waals surface area contributed by atoms with Crippen LogP contribution < -0.4 is 0 Å². The molecule has 0 aromatic rings. The Labute approximate surface area is 137 Å². The van der Waals surface area contributed by atoms with Crippen molar-refractivity contribution in [2.24, 2.45) is 5.92 Å². The molecule has 0 aliphatic carbocycles. The van der Waals surface area contributed by atoms with Gasteiger partial charge in [-0.05, 0) is 12.3 Å². The summed E-state index contributed by atoms with van der Waals surface area (Å²) in [5, 5.41) is 18.0. The Morgan fingerprint density at radius 1 is 0.818 bits per heavy atom. The van der Waals surface area contributed by atoms with Crippen molar-refractivity contribution in [1.82, 2.24) is 0 Å². The molecule has 0 aromatic carbocycles. The highest BCUT2D eigenvalue weighted by atomic mass is 16.4. The highest BCUT2D eigenvalue weighted by Gasteiger charge is 2.08. The molecule has 132 valence electrons. The van der Waals surface area contributed by atoms with E-state index in [4.69, 9.17) is 5.11 Å². The van der Waals surface area contributed by atoms with E-state index in [-0.39, 0.29) is 6.42 Å². The molecule has 3 nitrogen and oxygen atoms in total. The number of carboxylic acids is 1. The van der Waals surface area contributed by atoms with E-state index in [2.05, 4.69) is 13.8 Å². The van der Waals surface area contributed by atoms with E-state index in [9.17, 15) is 9.90 Å². The maximum atomic E-state index is 10.4. The van der Waals surface area contributed by atoms with Crippen LogP contribution in [0.2, 0.25) is 0 Å². The normalized spacial score (nSPS) is 14.0. The minimum atomic E-state index is -0.906. The number of carboxylic acid groups (broad SMARTS) is 1. The molecule has 0 aliphatic rings. The molecule has 0 spiro atoms. The minimum absolute atomic E-state index is 0.114. The number of unbranched alkanes of at least 4 members (excludes halogenated alkanes) is 9. The van der Waals surface area contributed by atoms with Crippen LogP contribution in [0.4, 0.5) is 0 Å². The van der Waals surface area contributed by atoms with Crippen molar-refractivity contribution < 1.29 is 15.0 Å². The van der Waals surface area contributed by atoms with Gasteiger partial charge in [0.1, 0.15) is 0 Å².